The zero-order valence-corrected chi connectivity index (χ0v) is 22.1. The van der Waals surface area contributed by atoms with Gasteiger partial charge in [0.1, 0.15) is 6.54 Å². The number of likely N-dealkylation sites (N-methyl/N-ethyl adjacent to an activating group) is 1. The van der Waals surface area contributed by atoms with Crippen molar-refractivity contribution in [3.8, 4) is 0 Å². The van der Waals surface area contributed by atoms with Crippen molar-refractivity contribution < 1.29 is 9.59 Å². The maximum absolute atomic E-state index is 12.0. The molecule has 1 atom stereocenters. The number of guanidine groups is 1. The van der Waals surface area contributed by atoms with Crippen molar-refractivity contribution in [3.05, 3.63) is 35.9 Å². The number of carbonyl (C=O) groups is 2. The Kier molecular flexibility index (Phi) is 13.2. The molecule has 0 aromatic heterocycles. The number of carbonyl (C=O) groups excluding carboxylic acids is 2. The second kappa shape index (κ2) is 15.0. The molecule has 180 valence electrons. The van der Waals surface area contributed by atoms with Gasteiger partial charge in [-0.2, -0.15) is 0 Å². The van der Waals surface area contributed by atoms with Gasteiger partial charge in [0.2, 0.25) is 11.8 Å². The molecular weight excluding hydrogens is 519 g/mol. The van der Waals surface area contributed by atoms with Crippen molar-refractivity contribution in [3.63, 3.8) is 0 Å². The van der Waals surface area contributed by atoms with E-state index in [0.29, 0.717) is 12.5 Å². The quantitative estimate of drug-likeness (QED) is 0.245. The van der Waals surface area contributed by atoms with Crippen LogP contribution < -0.4 is 16.0 Å². The molecule has 0 bridgehead atoms. The molecule has 32 heavy (non-hydrogen) atoms. The van der Waals surface area contributed by atoms with Gasteiger partial charge in [-0.3, -0.25) is 14.5 Å². The highest BCUT2D eigenvalue weighted by atomic mass is 127. The number of nitrogens with one attached hydrogen (secondary N) is 3. The van der Waals surface area contributed by atoms with Crippen LogP contribution in [0.15, 0.2) is 35.3 Å². The Morgan fingerprint density at radius 2 is 1.84 bits per heavy atom. The summed E-state index contributed by atoms with van der Waals surface area (Å²) in [5, 5.41) is 9.87. The average Bonchev–Trinajstić information content (AvgIpc) is 2.77. The third-order valence-electron chi connectivity index (χ3n) is 5.39. The summed E-state index contributed by atoms with van der Waals surface area (Å²) in [4.78, 5) is 32.3. The first kappa shape index (κ1) is 28.2. The second-order valence-corrected chi connectivity index (χ2v) is 8.27. The van der Waals surface area contributed by atoms with Crippen LogP contribution in [0.5, 0.6) is 0 Å². The van der Waals surface area contributed by atoms with E-state index in [2.05, 4.69) is 51.8 Å². The van der Waals surface area contributed by atoms with E-state index in [1.54, 1.807) is 19.0 Å². The van der Waals surface area contributed by atoms with E-state index in [-0.39, 0.29) is 54.4 Å². The number of likely N-dealkylation sites (tertiary alicyclic amines) is 1. The van der Waals surface area contributed by atoms with Crippen molar-refractivity contribution in [1.82, 2.24) is 25.8 Å². The number of rotatable bonds is 9. The number of aliphatic imine (C=N–C) groups is 1. The first-order valence-electron chi connectivity index (χ1n) is 11.2. The largest absolute Gasteiger partial charge is 0.355 e. The van der Waals surface area contributed by atoms with Gasteiger partial charge in [0, 0.05) is 39.8 Å². The van der Waals surface area contributed by atoms with E-state index in [9.17, 15) is 9.59 Å². The summed E-state index contributed by atoms with van der Waals surface area (Å²) < 4.78 is 0. The Balaban J connectivity index is 0.00000512. The van der Waals surface area contributed by atoms with Gasteiger partial charge in [-0.1, -0.05) is 37.3 Å². The monoisotopic (exact) mass is 558 g/mol. The summed E-state index contributed by atoms with van der Waals surface area (Å²) in [7, 11) is 3.47. The minimum atomic E-state index is -0.0404. The fourth-order valence-corrected chi connectivity index (χ4v) is 3.40. The van der Waals surface area contributed by atoms with Crippen LogP contribution in [0.25, 0.3) is 0 Å². The predicted molar refractivity (Wildman–Crippen MR) is 140 cm³/mol. The molecule has 0 aliphatic carbocycles. The Hall–Kier alpha value is -1.88. The van der Waals surface area contributed by atoms with Gasteiger partial charge in [-0.15, -0.1) is 24.0 Å². The number of hydrogen-bond acceptors (Lipinski definition) is 4. The van der Waals surface area contributed by atoms with Crippen molar-refractivity contribution in [2.45, 2.75) is 45.2 Å². The molecule has 1 saturated heterocycles. The van der Waals surface area contributed by atoms with Crippen LogP contribution >= 0.6 is 24.0 Å². The molecule has 2 rings (SSSR count). The van der Waals surface area contributed by atoms with Gasteiger partial charge in [-0.25, -0.2) is 4.99 Å². The molecule has 3 N–H and O–H groups in total. The van der Waals surface area contributed by atoms with Gasteiger partial charge in [0.25, 0.3) is 0 Å². The van der Waals surface area contributed by atoms with Crippen molar-refractivity contribution in [2.24, 2.45) is 4.99 Å². The standard InChI is InChI=1S/C23H38N6O2.HI/c1-5-13-24-21(30)17-29-14-11-20(12-15-29)27-23(25-16-22(31)28(3)4)26-18(2)19-9-7-6-8-10-19;/h6-10,18,20H,5,11-17H2,1-4H3,(H,24,30)(H2,25,26,27);1H. The fraction of sp³-hybridized carbons (Fsp3) is 0.609. The SMILES string of the molecule is CCCNC(=O)CN1CCC(NC(=NCC(=O)N(C)C)NC(C)c2ccccc2)CC1.I. The van der Waals surface area contributed by atoms with E-state index in [4.69, 9.17) is 0 Å². The zero-order chi connectivity index (χ0) is 22.6. The normalized spacial score (nSPS) is 15.9. The summed E-state index contributed by atoms with van der Waals surface area (Å²) in [6.45, 7) is 7.13. The van der Waals surface area contributed by atoms with Crippen LogP contribution in [-0.2, 0) is 9.59 Å². The van der Waals surface area contributed by atoms with Crippen LogP contribution in [-0.4, -0.2) is 80.4 Å². The Bertz CT molecular complexity index is 720. The van der Waals surface area contributed by atoms with E-state index in [1.165, 1.54) is 0 Å². The van der Waals surface area contributed by atoms with Crippen LogP contribution in [0, 0.1) is 0 Å². The predicted octanol–water partition coefficient (Wildman–Crippen LogP) is 1.98. The first-order valence-corrected chi connectivity index (χ1v) is 11.2. The molecule has 1 unspecified atom stereocenters. The zero-order valence-electron chi connectivity index (χ0n) is 19.8. The van der Waals surface area contributed by atoms with Crippen molar-refractivity contribution in [2.75, 3.05) is 46.8 Å². The summed E-state index contributed by atoms with van der Waals surface area (Å²) >= 11 is 0. The minimum Gasteiger partial charge on any atom is -0.355 e. The summed E-state index contributed by atoms with van der Waals surface area (Å²) in [6, 6.07) is 10.5. The first-order chi connectivity index (χ1) is 14.9. The van der Waals surface area contributed by atoms with E-state index < -0.39 is 0 Å². The van der Waals surface area contributed by atoms with Gasteiger partial charge in [0.05, 0.1) is 12.6 Å². The molecule has 2 amide bonds. The topological polar surface area (TPSA) is 89.1 Å². The lowest BCUT2D eigenvalue weighted by atomic mass is 10.1. The summed E-state index contributed by atoms with van der Waals surface area (Å²) in [5.74, 6) is 0.697. The Morgan fingerprint density at radius 3 is 2.44 bits per heavy atom. The molecule has 1 aromatic carbocycles. The van der Waals surface area contributed by atoms with Gasteiger partial charge >= 0.3 is 0 Å². The third-order valence-corrected chi connectivity index (χ3v) is 5.39. The lowest BCUT2D eigenvalue weighted by Crippen LogP contribution is -2.50. The fourth-order valence-electron chi connectivity index (χ4n) is 3.40. The Morgan fingerprint density at radius 1 is 1.19 bits per heavy atom. The van der Waals surface area contributed by atoms with Crippen LogP contribution in [0.3, 0.4) is 0 Å². The molecule has 8 nitrogen and oxygen atoms in total. The summed E-state index contributed by atoms with van der Waals surface area (Å²) in [5.41, 5.74) is 1.16. The molecular formula is C23H39IN6O2. The highest BCUT2D eigenvalue weighted by Crippen LogP contribution is 2.13. The minimum absolute atomic E-state index is 0. The number of amides is 2. The number of halogens is 1. The van der Waals surface area contributed by atoms with Gasteiger partial charge < -0.3 is 20.9 Å². The smallest absolute Gasteiger partial charge is 0.243 e. The van der Waals surface area contributed by atoms with Crippen LogP contribution in [0.1, 0.15) is 44.7 Å². The molecule has 9 heteroatoms. The van der Waals surface area contributed by atoms with Crippen molar-refractivity contribution >= 4 is 41.8 Å². The van der Waals surface area contributed by atoms with Crippen molar-refractivity contribution in [1.29, 1.82) is 0 Å². The summed E-state index contributed by atoms with van der Waals surface area (Å²) in [6.07, 6.45) is 2.79. The molecule has 1 fully saturated rings. The highest BCUT2D eigenvalue weighted by Gasteiger charge is 2.22. The number of piperidine rings is 1. The van der Waals surface area contributed by atoms with Crippen LogP contribution in [0.2, 0.25) is 0 Å². The van der Waals surface area contributed by atoms with E-state index >= 15 is 0 Å². The lowest BCUT2D eigenvalue weighted by Gasteiger charge is -2.33. The average molecular weight is 559 g/mol. The molecule has 1 aliphatic rings. The number of hydrogen-bond donors (Lipinski definition) is 3. The molecule has 0 saturated carbocycles. The van der Waals surface area contributed by atoms with E-state index in [0.717, 1.165) is 44.5 Å². The molecule has 1 aromatic rings. The maximum Gasteiger partial charge on any atom is 0.243 e. The third kappa shape index (κ3) is 10.2. The molecule has 1 aliphatic heterocycles. The molecule has 0 spiro atoms. The van der Waals surface area contributed by atoms with Crippen LogP contribution in [0.4, 0.5) is 0 Å². The van der Waals surface area contributed by atoms with Gasteiger partial charge in [0.15, 0.2) is 5.96 Å². The number of benzene rings is 1. The number of nitrogens with zero attached hydrogens (tertiary/aromatic N) is 3. The Labute approximate surface area is 209 Å². The lowest BCUT2D eigenvalue weighted by molar-refractivity contribution is -0.127. The van der Waals surface area contributed by atoms with Gasteiger partial charge in [-0.05, 0) is 31.7 Å². The molecule has 0 radical (unpaired) electrons. The second-order valence-electron chi connectivity index (χ2n) is 8.27. The maximum atomic E-state index is 12.0. The van der Waals surface area contributed by atoms with E-state index in [1.807, 2.05) is 18.2 Å². The molecule has 1 heterocycles. The highest BCUT2D eigenvalue weighted by molar-refractivity contribution is 14.0.